The molecule has 0 aliphatic carbocycles. The smallest absolute Gasteiger partial charge is 0.390 e. The van der Waals surface area contributed by atoms with Crippen molar-refractivity contribution in [3.8, 4) is 5.88 Å². The van der Waals surface area contributed by atoms with E-state index in [0.717, 1.165) is 6.42 Å². The van der Waals surface area contributed by atoms with Crippen molar-refractivity contribution in [3.05, 3.63) is 27.5 Å². The second kappa shape index (κ2) is 5.75. The summed E-state index contributed by atoms with van der Waals surface area (Å²) in [6, 6.07) is 1.60. The molecule has 0 radical (unpaired) electrons. The third-order valence-corrected chi connectivity index (χ3v) is 5.54. The van der Waals surface area contributed by atoms with E-state index >= 15 is 0 Å². The fraction of sp³-hybridized carbons (Fsp3) is 0.357. The van der Waals surface area contributed by atoms with Crippen LogP contribution in [-0.2, 0) is 0 Å². The SMILES string of the molecule is O=C(Oc1nc(F)nc2c(F)c(Br)c(Cl)cc12)N1CC2CC1CN2. The quantitative estimate of drug-likeness (QED) is 0.569. The number of carbonyl (C=O) groups excluding carboxylic acids is 1. The Morgan fingerprint density at radius 3 is 2.92 bits per heavy atom. The van der Waals surface area contributed by atoms with Crippen molar-refractivity contribution in [3.63, 3.8) is 0 Å². The molecule has 2 aliphatic heterocycles. The van der Waals surface area contributed by atoms with Crippen molar-refractivity contribution in [1.29, 1.82) is 0 Å². The Morgan fingerprint density at radius 2 is 2.25 bits per heavy atom. The van der Waals surface area contributed by atoms with E-state index in [1.807, 2.05) is 0 Å². The molecule has 2 atom stereocenters. The lowest BCUT2D eigenvalue weighted by molar-refractivity contribution is 0.139. The van der Waals surface area contributed by atoms with E-state index in [1.54, 1.807) is 4.90 Å². The van der Waals surface area contributed by atoms with E-state index in [0.29, 0.717) is 13.1 Å². The lowest BCUT2D eigenvalue weighted by Crippen LogP contribution is -2.47. The van der Waals surface area contributed by atoms with E-state index in [2.05, 4.69) is 31.2 Å². The average molecular weight is 420 g/mol. The van der Waals surface area contributed by atoms with Gasteiger partial charge in [0.25, 0.3) is 0 Å². The average Bonchev–Trinajstić information content (AvgIpc) is 3.17. The van der Waals surface area contributed by atoms with Crippen LogP contribution in [0, 0.1) is 11.9 Å². The molecule has 3 heterocycles. The van der Waals surface area contributed by atoms with Gasteiger partial charge >= 0.3 is 12.2 Å². The van der Waals surface area contributed by atoms with Crippen LogP contribution in [0.2, 0.25) is 5.02 Å². The lowest BCUT2D eigenvalue weighted by atomic mass is 10.2. The van der Waals surface area contributed by atoms with Crippen LogP contribution in [0.25, 0.3) is 10.9 Å². The number of carbonyl (C=O) groups is 1. The molecule has 1 N–H and O–H groups in total. The van der Waals surface area contributed by atoms with Gasteiger partial charge in [-0.1, -0.05) is 11.6 Å². The highest BCUT2D eigenvalue weighted by Gasteiger charge is 2.41. The number of likely N-dealkylation sites (tertiary alicyclic amines) is 1. The van der Waals surface area contributed by atoms with E-state index in [4.69, 9.17) is 16.3 Å². The molecule has 6 nitrogen and oxygen atoms in total. The van der Waals surface area contributed by atoms with E-state index in [9.17, 15) is 13.6 Å². The molecule has 2 saturated heterocycles. The molecule has 0 spiro atoms. The Morgan fingerprint density at radius 1 is 1.46 bits per heavy atom. The molecule has 2 aromatic rings. The molecule has 126 valence electrons. The fourth-order valence-corrected chi connectivity index (χ4v) is 3.62. The van der Waals surface area contributed by atoms with Crippen LogP contribution >= 0.6 is 27.5 Å². The Balaban J connectivity index is 1.72. The molecule has 1 aromatic heterocycles. The van der Waals surface area contributed by atoms with Gasteiger partial charge in [0.2, 0.25) is 5.88 Å². The summed E-state index contributed by atoms with van der Waals surface area (Å²) in [5.74, 6) is -1.20. The number of benzene rings is 1. The summed E-state index contributed by atoms with van der Waals surface area (Å²) >= 11 is 8.89. The maximum Gasteiger partial charge on any atom is 0.416 e. The number of hydrogen-bond donors (Lipinski definition) is 1. The molecule has 2 aliphatic rings. The summed E-state index contributed by atoms with van der Waals surface area (Å²) in [5.41, 5.74) is -0.314. The Kier molecular flexibility index (Phi) is 3.81. The Labute approximate surface area is 148 Å². The highest BCUT2D eigenvalue weighted by atomic mass is 79.9. The first kappa shape index (κ1) is 15.9. The highest BCUT2D eigenvalue weighted by Crippen LogP contribution is 2.35. The standard InChI is InChI=1S/C14H10BrClF2N4O2/c15-9-8(16)2-7-11(10(9)17)20-13(18)21-12(7)24-14(23)22-4-5-1-6(22)3-19-5/h2,5-6,19H,1,3-4H2. The Hall–Kier alpha value is -1.58. The zero-order chi connectivity index (χ0) is 17.0. The molecule has 2 fully saturated rings. The molecule has 2 unspecified atom stereocenters. The van der Waals surface area contributed by atoms with Crippen molar-refractivity contribution in [2.75, 3.05) is 13.1 Å². The summed E-state index contributed by atoms with van der Waals surface area (Å²) < 4.78 is 33.0. The van der Waals surface area contributed by atoms with Crippen LogP contribution in [-0.4, -0.2) is 46.1 Å². The van der Waals surface area contributed by atoms with Crippen molar-refractivity contribution < 1.29 is 18.3 Å². The second-order valence-electron chi connectivity index (χ2n) is 5.70. The zero-order valence-electron chi connectivity index (χ0n) is 12.0. The first-order valence-electron chi connectivity index (χ1n) is 7.16. The van der Waals surface area contributed by atoms with Gasteiger partial charge in [0.1, 0.15) is 5.52 Å². The number of piperazine rings is 1. The molecule has 1 amide bonds. The van der Waals surface area contributed by atoms with Gasteiger partial charge in [0.05, 0.1) is 14.9 Å². The van der Waals surface area contributed by atoms with Crippen LogP contribution in [0.4, 0.5) is 13.6 Å². The summed E-state index contributed by atoms with van der Waals surface area (Å²) in [7, 11) is 0. The normalized spacial score (nSPS) is 22.4. The van der Waals surface area contributed by atoms with E-state index in [-0.39, 0.29) is 38.4 Å². The molecule has 4 rings (SSSR count). The number of nitrogens with one attached hydrogen (secondary N) is 1. The lowest BCUT2D eigenvalue weighted by Gasteiger charge is -2.26. The number of aromatic nitrogens is 2. The number of ether oxygens (including phenoxy) is 1. The van der Waals surface area contributed by atoms with Gasteiger partial charge in [0, 0.05) is 25.2 Å². The number of fused-ring (bicyclic) bond motifs is 3. The number of nitrogens with zero attached hydrogens (tertiary/aromatic N) is 3. The zero-order valence-corrected chi connectivity index (χ0v) is 14.4. The van der Waals surface area contributed by atoms with Crippen molar-refractivity contribution in [2.45, 2.75) is 18.5 Å². The second-order valence-corrected chi connectivity index (χ2v) is 6.90. The molecule has 0 saturated carbocycles. The topological polar surface area (TPSA) is 67.3 Å². The van der Waals surface area contributed by atoms with Crippen LogP contribution in [0.15, 0.2) is 10.5 Å². The van der Waals surface area contributed by atoms with Crippen molar-refractivity contribution in [1.82, 2.24) is 20.2 Å². The maximum absolute atomic E-state index is 14.2. The molecule has 10 heteroatoms. The minimum atomic E-state index is -1.19. The van der Waals surface area contributed by atoms with Crippen LogP contribution in [0.3, 0.4) is 0 Å². The molecule has 2 bridgehead atoms. The minimum Gasteiger partial charge on any atom is -0.390 e. The predicted molar refractivity (Wildman–Crippen MR) is 85.1 cm³/mol. The maximum atomic E-state index is 14.2. The van der Waals surface area contributed by atoms with E-state index < -0.39 is 18.0 Å². The minimum absolute atomic E-state index is 0.0259. The molecule has 24 heavy (non-hydrogen) atoms. The largest absolute Gasteiger partial charge is 0.416 e. The number of hydrogen-bond acceptors (Lipinski definition) is 5. The molecular weight excluding hydrogens is 410 g/mol. The monoisotopic (exact) mass is 418 g/mol. The van der Waals surface area contributed by atoms with Gasteiger partial charge in [-0.15, -0.1) is 0 Å². The molecular formula is C14H10BrClF2N4O2. The number of halogens is 4. The Bertz CT molecular complexity index is 869. The third-order valence-electron chi connectivity index (χ3n) is 4.24. The highest BCUT2D eigenvalue weighted by molar-refractivity contribution is 9.10. The van der Waals surface area contributed by atoms with Crippen LogP contribution in [0.5, 0.6) is 5.88 Å². The van der Waals surface area contributed by atoms with E-state index in [1.165, 1.54) is 6.07 Å². The van der Waals surface area contributed by atoms with Gasteiger partial charge < -0.3 is 15.0 Å². The number of rotatable bonds is 1. The van der Waals surface area contributed by atoms with Crippen LogP contribution in [0.1, 0.15) is 6.42 Å². The summed E-state index contributed by atoms with van der Waals surface area (Å²) in [5, 5.41) is 3.32. The van der Waals surface area contributed by atoms with Gasteiger partial charge in [-0.05, 0) is 28.4 Å². The summed E-state index contributed by atoms with van der Waals surface area (Å²) in [6.07, 6.45) is -0.993. The van der Waals surface area contributed by atoms with Crippen molar-refractivity contribution >= 4 is 44.5 Å². The number of amides is 1. The first-order valence-corrected chi connectivity index (χ1v) is 8.33. The third kappa shape index (κ3) is 2.51. The van der Waals surface area contributed by atoms with Gasteiger partial charge in [-0.25, -0.2) is 9.18 Å². The fourth-order valence-electron chi connectivity index (χ4n) is 3.12. The van der Waals surface area contributed by atoms with Crippen molar-refractivity contribution in [2.24, 2.45) is 0 Å². The van der Waals surface area contributed by atoms with Gasteiger partial charge in [-0.2, -0.15) is 14.4 Å². The van der Waals surface area contributed by atoms with Gasteiger partial charge in [-0.3, -0.25) is 0 Å². The molecule has 1 aromatic carbocycles. The summed E-state index contributed by atoms with van der Waals surface area (Å²) in [6.45, 7) is 1.20. The van der Waals surface area contributed by atoms with Gasteiger partial charge in [0.15, 0.2) is 5.82 Å². The van der Waals surface area contributed by atoms with Crippen LogP contribution < -0.4 is 10.1 Å². The predicted octanol–water partition coefficient (Wildman–Crippen LogP) is 2.87. The summed E-state index contributed by atoms with van der Waals surface area (Å²) in [4.78, 5) is 20.8. The first-order chi connectivity index (χ1) is 11.4.